The van der Waals surface area contributed by atoms with E-state index in [9.17, 15) is 4.79 Å². The van der Waals surface area contributed by atoms with Crippen LogP contribution in [0.5, 0.6) is 0 Å². The van der Waals surface area contributed by atoms with Crippen molar-refractivity contribution in [3.8, 4) is 0 Å². The van der Waals surface area contributed by atoms with Crippen molar-refractivity contribution in [2.45, 2.75) is 38.0 Å². The molecule has 3 aromatic rings. The number of hydrogen-bond acceptors (Lipinski definition) is 7. The van der Waals surface area contributed by atoms with Crippen LogP contribution in [0.4, 0.5) is 23.3 Å². The number of amides is 1. The zero-order valence-corrected chi connectivity index (χ0v) is 18.2. The van der Waals surface area contributed by atoms with E-state index in [2.05, 4.69) is 36.1 Å². The maximum atomic E-state index is 11.9. The van der Waals surface area contributed by atoms with Gasteiger partial charge in [0.2, 0.25) is 11.9 Å². The van der Waals surface area contributed by atoms with Gasteiger partial charge in [0.1, 0.15) is 11.6 Å². The Labute approximate surface area is 187 Å². The third-order valence-corrected chi connectivity index (χ3v) is 5.21. The molecule has 1 aliphatic rings. The maximum absolute atomic E-state index is 11.9. The Morgan fingerprint density at radius 2 is 2.03 bits per heavy atom. The highest BCUT2D eigenvalue weighted by Crippen LogP contribution is 2.39. The molecular formula is C23H29N7O2. The van der Waals surface area contributed by atoms with Crippen molar-refractivity contribution in [2.24, 2.45) is 0 Å². The van der Waals surface area contributed by atoms with E-state index in [0.717, 1.165) is 29.2 Å². The van der Waals surface area contributed by atoms with Crippen molar-refractivity contribution in [2.75, 3.05) is 30.9 Å². The van der Waals surface area contributed by atoms with Gasteiger partial charge in [-0.15, -0.1) is 0 Å². The molecule has 4 rings (SSSR count). The minimum absolute atomic E-state index is 0.0579. The highest BCUT2D eigenvalue weighted by molar-refractivity contribution is 5.76. The van der Waals surface area contributed by atoms with Gasteiger partial charge in [-0.1, -0.05) is 12.1 Å². The van der Waals surface area contributed by atoms with Crippen LogP contribution in [0.25, 0.3) is 0 Å². The average Bonchev–Trinajstić information content (AvgIpc) is 3.56. The first kappa shape index (κ1) is 21.8. The summed E-state index contributed by atoms with van der Waals surface area (Å²) < 4.78 is 4.98. The number of hydrogen-bond donors (Lipinski definition) is 4. The Hall–Kier alpha value is -3.46. The van der Waals surface area contributed by atoms with Gasteiger partial charge in [0.25, 0.3) is 0 Å². The Morgan fingerprint density at radius 3 is 2.81 bits per heavy atom. The first-order valence-electron chi connectivity index (χ1n) is 11.0. The lowest BCUT2D eigenvalue weighted by molar-refractivity contribution is -0.121. The zero-order valence-electron chi connectivity index (χ0n) is 18.2. The van der Waals surface area contributed by atoms with Crippen molar-refractivity contribution < 1.29 is 9.53 Å². The molecule has 2 aromatic heterocycles. The van der Waals surface area contributed by atoms with Crippen LogP contribution in [-0.2, 0) is 16.0 Å². The second-order valence-electron chi connectivity index (χ2n) is 7.89. The zero-order chi connectivity index (χ0) is 22.2. The number of nitrogens with one attached hydrogen (secondary N) is 4. The van der Waals surface area contributed by atoms with E-state index >= 15 is 0 Å². The van der Waals surface area contributed by atoms with Gasteiger partial charge in [-0.3, -0.25) is 9.89 Å². The summed E-state index contributed by atoms with van der Waals surface area (Å²) in [6, 6.07) is 11.8. The fraction of sp³-hybridized carbons (Fsp3) is 0.391. The molecule has 0 saturated heterocycles. The van der Waals surface area contributed by atoms with Gasteiger partial charge in [-0.25, -0.2) is 4.98 Å². The summed E-state index contributed by atoms with van der Waals surface area (Å²) in [7, 11) is 1.66. The summed E-state index contributed by atoms with van der Waals surface area (Å²) >= 11 is 0. The average molecular weight is 436 g/mol. The summed E-state index contributed by atoms with van der Waals surface area (Å²) in [6.45, 7) is 1.30. The first-order chi connectivity index (χ1) is 15.7. The molecule has 168 valence electrons. The summed E-state index contributed by atoms with van der Waals surface area (Å²) in [5.41, 5.74) is 3.08. The summed E-state index contributed by atoms with van der Waals surface area (Å²) in [5, 5.41) is 16.7. The molecular weight excluding hydrogens is 406 g/mol. The number of carbonyl (C=O) groups is 1. The predicted molar refractivity (Wildman–Crippen MR) is 123 cm³/mol. The Kier molecular flexibility index (Phi) is 7.29. The van der Waals surface area contributed by atoms with Crippen LogP contribution in [0.3, 0.4) is 0 Å². The van der Waals surface area contributed by atoms with Crippen molar-refractivity contribution in [1.29, 1.82) is 0 Å². The minimum Gasteiger partial charge on any atom is -0.385 e. The molecule has 0 bridgehead atoms. The quantitative estimate of drug-likeness (QED) is 0.321. The van der Waals surface area contributed by atoms with E-state index < -0.39 is 0 Å². The van der Waals surface area contributed by atoms with Crippen LogP contribution < -0.4 is 16.0 Å². The molecule has 9 heteroatoms. The lowest BCUT2D eigenvalue weighted by atomic mass is 10.1. The van der Waals surface area contributed by atoms with Crippen LogP contribution in [-0.4, -0.2) is 46.3 Å². The van der Waals surface area contributed by atoms with Gasteiger partial charge in [-0.2, -0.15) is 10.1 Å². The van der Waals surface area contributed by atoms with Gasteiger partial charge in [0.15, 0.2) is 0 Å². The minimum atomic E-state index is 0.0579. The fourth-order valence-corrected chi connectivity index (χ4v) is 3.29. The van der Waals surface area contributed by atoms with Crippen LogP contribution >= 0.6 is 0 Å². The highest BCUT2D eigenvalue weighted by Gasteiger charge is 2.26. The number of benzene rings is 1. The Balaban J connectivity index is 1.25. The van der Waals surface area contributed by atoms with Crippen LogP contribution in [0, 0.1) is 0 Å². The molecule has 32 heavy (non-hydrogen) atoms. The number of methoxy groups -OCH3 is 1. The van der Waals surface area contributed by atoms with Gasteiger partial charge >= 0.3 is 0 Å². The molecule has 0 radical (unpaired) electrons. The lowest BCUT2D eigenvalue weighted by Crippen LogP contribution is -2.25. The SMILES string of the molecule is COCCCNC(=O)CCc1ccc(Nc2nccc(Nc3cc(C4CC4)n[nH]3)n2)cc1. The van der Waals surface area contributed by atoms with Crippen molar-refractivity contribution in [3.05, 3.63) is 53.9 Å². The molecule has 2 heterocycles. The Bertz CT molecular complexity index is 1020. The van der Waals surface area contributed by atoms with E-state index in [4.69, 9.17) is 4.74 Å². The summed E-state index contributed by atoms with van der Waals surface area (Å²) in [5.74, 6) is 2.66. The lowest BCUT2D eigenvalue weighted by Gasteiger charge is -2.08. The van der Waals surface area contributed by atoms with E-state index in [-0.39, 0.29) is 5.91 Å². The number of aromatic amines is 1. The maximum Gasteiger partial charge on any atom is 0.229 e. The topological polar surface area (TPSA) is 117 Å². The molecule has 0 aliphatic heterocycles. The van der Waals surface area contributed by atoms with Crippen molar-refractivity contribution in [1.82, 2.24) is 25.5 Å². The number of carbonyl (C=O) groups excluding carboxylic acids is 1. The van der Waals surface area contributed by atoms with Gasteiger partial charge in [0.05, 0.1) is 5.69 Å². The van der Waals surface area contributed by atoms with Crippen LogP contribution in [0.15, 0.2) is 42.6 Å². The summed E-state index contributed by atoms with van der Waals surface area (Å²) in [6.07, 6.45) is 6.12. The molecule has 4 N–H and O–H groups in total. The van der Waals surface area contributed by atoms with E-state index in [1.807, 2.05) is 36.4 Å². The molecule has 1 aliphatic carbocycles. The third-order valence-electron chi connectivity index (χ3n) is 5.21. The number of aromatic nitrogens is 4. The van der Waals surface area contributed by atoms with Crippen LogP contribution in [0.1, 0.15) is 42.9 Å². The highest BCUT2D eigenvalue weighted by atomic mass is 16.5. The number of anilines is 4. The number of aryl methyl sites for hydroxylation is 1. The van der Waals surface area contributed by atoms with Crippen molar-refractivity contribution in [3.63, 3.8) is 0 Å². The molecule has 0 unspecified atom stereocenters. The number of nitrogens with zero attached hydrogens (tertiary/aromatic N) is 3. The second-order valence-corrected chi connectivity index (χ2v) is 7.89. The molecule has 1 fully saturated rings. The molecule has 9 nitrogen and oxygen atoms in total. The number of H-pyrrole nitrogens is 1. The number of ether oxygens (including phenoxy) is 1. The smallest absolute Gasteiger partial charge is 0.229 e. The predicted octanol–water partition coefficient (Wildman–Crippen LogP) is 3.65. The largest absolute Gasteiger partial charge is 0.385 e. The number of rotatable bonds is 12. The van der Waals surface area contributed by atoms with Gasteiger partial charge in [0, 0.05) is 50.6 Å². The first-order valence-corrected chi connectivity index (χ1v) is 11.0. The molecule has 1 aromatic carbocycles. The second kappa shape index (κ2) is 10.7. The molecule has 1 saturated carbocycles. The monoisotopic (exact) mass is 435 g/mol. The fourth-order valence-electron chi connectivity index (χ4n) is 3.29. The molecule has 0 atom stereocenters. The van der Waals surface area contributed by atoms with Crippen molar-refractivity contribution >= 4 is 29.2 Å². The van der Waals surface area contributed by atoms with Gasteiger partial charge < -0.3 is 20.7 Å². The molecule has 0 spiro atoms. The van der Waals surface area contributed by atoms with E-state index in [1.165, 1.54) is 12.8 Å². The van der Waals surface area contributed by atoms with E-state index in [0.29, 0.717) is 43.7 Å². The normalized spacial score (nSPS) is 13.0. The third kappa shape index (κ3) is 6.52. The summed E-state index contributed by atoms with van der Waals surface area (Å²) in [4.78, 5) is 20.7. The standard InChI is InChI=1S/C23H29N7O2/c1-32-14-2-12-24-22(31)10-5-16-3-8-18(9-4-16)26-23-25-13-11-20(28-23)27-21-15-19(29-30-21)17-6-7-17/h3-4,8-9,11,13,15,17H,2,5-7,10,12,14H2,1H3,(H,24,31)(H3,25,26,27,28,29,30). The molecule has 1 amide bonds. The van der Waals surface area contributed by atoms with Crippen LogP contribution in [0.2, 0.25) is 0 Å². The van der Waals surface area contributed by atoms with Gasteiger partial charge in [-0.05, 0) is 49.4 Å². The van der Waals surface area contributed by atoms with E-state index in [1.54, 1.807) is 13.3 Å². The Morgan fingerprint density at radius 1 is 1.19 bits per heavy atom.